The summed E-state index contributed by atoms with van der Waals surface area (Å²) in [4.78, 5) is 10.8. The summed E-state index contributed by atoms with van der Waals surface area (Å²) in [6.45, 7) is 0. The lowest BCUT2D eigenvalue weighted by Crippen LogP contribution is -2.02. The second-order valence-electron chi connectivity index (χ2n) is 2.71. The molecule has 0 atom stereocenters. The number of carbonyl (C=O) groups is 1. The zero-order chi connectivity index (χ0) is 10.6. The van der Waals surface area contributed by atoms with E-state index < -0.39 is 5.97 Å². The summed E-state index contributed by atoms with van der Waals surface area (Å²) in [6.07, 6.45) is 5.43. The number of methoxy groups -OCH3 is 1. The average molecular weight is 190 g/mol. The number of rotatable bonds is 3. The molecular weight excluding hydrogens is 180 g/mol. The van der Waals surface area contributed by atoms with Crippen LogP contribution in [0.2, 0.25) is 0 Å². The minimum atomic E-state index is -0.974. The van der Waals surface area contributed by atoms with Gasteiger partial charge in [-0.1, -0.05) is 0 Å². The molecule has 0 aliphatic rings. The van der Waals surface area contributed by atoms with Crippen LogP contribution in [0.4, 0.5) is 0 Å². The molecule has 0 fully saturated rings. The number of ether oxygens (including phenoxy) is 1. The van der Waals surface area contributed by atoms with E-state index in [2.05, 4.69) is 5.92 Å². The van der Waals surface area contributed by atoms with Gasteiger partial charge in [-0.15, -0.1) is 12.3 Å². The summed E-state index contributed by atoms with van der Waals surface area (Å²) in [7, 11) is 1.52. The smallest absolute Gasteiger partial charge is 0.336 e. The molecule has 1 aromatic rings. The van der Waals surface area contributed by atoms with Crippen molar-refractivity contribution in [2.75, 3.05) is 7.11 Å². The Morgan fingerprint density at radius 1 is 1.64 bits per heavy atom. The van der Waals surface area contributed by atoms with Crippen LogP contribution in [-0.2, 0) is 6.42 Å². The summed E-state index contributed by atoms with van der Waals surface area (Å²) >= 11 is 0. The number of carboxylic acids is 1. The predicted octanol–water partition coefficient (Wildman–Crippen LogP) is 1.57. The van der Waals surface area contributed by atoms with Gasteiger partial charge in [0.05, 0.1) is 12.7 Å². The molecule has 3 heteroatoms. The summed E-state index contributed by atoms with van der Waals surface area (Å²) in [5.74, 6) is 2.05. The number of terminal acetylenes is 1. The quantitative estimate of drug-likeness (QED) is 0.736. The summed E-state index contributed by atoms with van der Waals surface area (Å²) in [5.41, 5.74) is 0.822. The van der Waals surface area contributed by atoms with E-state index in [1.165, 1.54) is 13.2 Å². The topological polar surface area (TPSA) is 46.5 Å². The second kappa shape index (κ2) is 4.33. The largest absolute Gasteiger partial charge is 0.497 e. The Balaban J connectivity index is 3.18. The summed E-state index contributed by atoms with van der Waals surface area (Å²) in [5, 5.41) is 8.85. The Kier molecular flexibility index (Phi) is 3.14. The Labute approximate surface area is 82.3 Å². The Hall–Kier alpha value is -1.95. The molecule has 0 spiro atoms. The van der Waals surface area contributed by atoms with Crippen LogP contribution in [-0.4, -0.2) is 18.2 Å². The third kappa shape index (κ3) is 2.05. The van der Waals surface area contributed by atoms with Crippen molar-refractivity contribution in [1.29, 1.82) is 0 Å². The Morgan fingerprint density at radius 2 is 2.36 bits per heavy atom. The van der Waals surface area contributed by atoms with Crippen molar-refractivity contribution < 1.29 is 14.6 Å². The van der Waals surface area contributed by atoms with Crippen LogP contribution in [0.5, 0.6) is 5.75 Å². The highest BCUT2D eigenvalue weighted by Gasteiger charge is 2.09. The van der Waals surface area contributed by atoms with Crippen LogP contribution in [0.15, 0.2) is 18.2 Å². The van der Waals surface area contributed by atoms with Gasteiger partial charge in [0, 0.05) is 6.42 Å². The minimum Gasteiger partial charge on any atom is -0.497 e. The maximum Gasteiger partial charge on any atom is 0.336 e. The van der Waals surface area contributed by atoms with Crippen molar-refractivity contribution in [3.05, 3.63) is 29.3 Å². The fourth-order valence-corrected chi connectivity index (χ4v) is 1.16. The average Bonchev–Trinajstić information content (AvgIpc) is 2.17. The third-order valence-electron chi connectivity index (χ3n) is 1.84. The van der Waals surface area contributed by atoms with Crippen LogP contribution < -0.4 is 4.74 Å². The fraction of sp³-hybridized carbons (Fsp3) is 0.182. The molecule has 0 amide bonds. The first-order valence-electron chi connectivity index (χ1n) is 4.02. The van der Waals surface area contributed by atoms with Crippen molar-refractivity contribution in [1.82, 2.24) is 0 Å². The van der Waals surface area contributed by atoms with Gasteiger partial charge in [0.2, 0.25) is 0 Å². The van der Waals surface area contributed by atoms with E-state index in [9.17, 15) is 4.79 Å². The molecule has 0 aliphatic carbocycles. The molecule has 0 aliphatic heterocycles. The molecule has 72 valence electrons. The molecule has 0 radical (unpaired) electrons. The van der Waals surface area contributed by atoms with Gasteiger partial charge >= 0.3 is 5.97 Å². The van der Waals surface area contributed by atoms with E-state index in [1.54, 1.807) is 12.1 Å². The first kappa shape index (κ1) is 10.1. The first-order chi connectivity index (χ1) is 6.69. The van der Waals surface area contributed by atoms with Crippen LogP contribution in [0.1, 0.15) is 15.9 Å². The molecule has 0 bridgehead atoms. The molecule has 14 heavy (non-hydrogen) atoms. The van der Waals surface area contributed by atoms with E-state index in [0.717, 1.165) is 0 Å². The normalized spacial score (nSPS) is 9.14. The summed E-state index contributed by atoms with van der Waals surface area (Å²) in [6, 6.07) is 4.74. The lowest BCUT2D eigenvalue weighted by Gasteiger charge is -2.05. The number of hydrogen-bond donors (Lipinski definition) is 1. The van der Waals surface area contributed by atoms with Crippen LogP contribution in [0.25, 0.3) is 0 Å². The highest BCUT2D eigenvalue weighted by atomic mass is 16.5. The monoisotopic (exact) mass is 190 g/mol. The zero-order valence-corrected chi connectivity index (χ0v) is 7.78. The van der Waals surface area contributed by atoms with Crippen LogP contribution in [0, 0.1) is 12.3 Å². The number of aromatic carboxylic acids is 1. The van der Waals surface area contributed by atoms with Gasteiger partial charge in [0.15, 0.2) is 0 Å². The first-order valence-corrected chi connectivity index (χ1v) is 4.02. The maximum absolute atomic E-state index is 10.8. The molecule has 1 N–H and O–H groups in total. The van der Waals surface area contributed by atoms with Gasteiger partial charge in [-0.3, -0.25) is 0 Å². The van der Waals surface area contributed by atoms with Crippen molar-refractivity contribution in [3.63, 3.8) is 0 Å². The van der Waals surface area contributed by atoms with Gasteiger partial charge in [-0.05, 0) is 23.8 Å². The maximum atomic E-state index is 10.8. The molecule has 0 heterocycles. The number of benzene rings is 1. The molecule has 3 nitrogen and oxygen atoms in total. The van der Waals surface area contributed by atoms with Crippen molar-refractivity contribution in [2.45, 2.75) is 6.42 Å². The number of hydrogen-bond acceptors (Lipinski definition) is 2. The van der Waals surface area contributed by atoms with Crippen molar-refractivity contribution >= 4 is 5.97 Å². The highest BCUT2D eigenvalue weighted by molar-refractivity contribution is 5.89. The van der Waals surface area contributed by atoms with Crippen molar-refractivity contribution in [3.8, 4) is 18.1 Å². The van der Waals surface area contributed by atoms with Gasteiger partial charge < -0.3 is 9.84 Å². The SMILES string of the molecule is C#CCc1cc(OC)ccc1C(=O)O. The predicted molar refractivity (Wildman–Crippen MR) is 52.5 cm³/mol. The lowest BCUT2D eigenvalue weighted by molar-refractivity contribution is 0.0696. The lowest BCUT2D eigenvalue weighted by atomic mass is 10.0. The fourth-order valence-electron chi connectivity index (χ4n) is 1.16. The molecule has 0 unspecified atom stereocenters. The molecule has 1 aromatic carbocycles. The molecule has 0 saturated heterocycles. The zero-order valence-electron chi connectivity index (χ0n) is 7.78. The van der Waals surface area contributed by atoms with E-state index in [-0.39, 0.29) is 5.56 Å². The number of carboxylic acid groups (broad SMARTS) is 1. The van der Waals surface area contributed by atoms with Gasteiger partial charge in [0.25, 0.3) is 0 Å². The highest BCUT2D eigenvalue weighted by Crippen LogP contribution is 2.18. The van der Waals surface area contributed by atoms with Crippen molar-refractivity contribution in [2.24, 2.45) is 0 Å². The Bertz CT molecular complexity index is 388. The van der Waals surface area contributed by atoms with Gasteiger partial charge in [0.1, 0.15) is 5.75 Å². The Morgan fingerprint density at radius 3 is 2.86 bits per heavy atom. The van der Waals surface area contributed by atoms with Gasteiger partial charge in [-0.25, -0.2) is 4.79 Å². The molecule has 0 aromatic heterocycles. The third-order valence-corrected chi connectivity index (χ3v) is 1.84. The standard InChI is InChI=1S/C11H10O3/c1-3-4-8-7-9(14-2)5-6-10(8)11(12)13/h1,5-7H,4H2,2H3,(H,12,13). The van der Waals surface area contributed by atoms with E-state index in [0.29, 0.717) is 17.7 Å². The minimum absolute atomic E-state index is 0.226. The van der Waals surface area contributed by atoms with Crippen LogP contribution in [0.3, 0.4) is 0 Å². The van der Waals surface area contributed by atoms with Gasteiger partial charge in [-0.2, -0.15) is 0 Å². The summed E-state index contributed by atoms with van der Waals surface area (Å²) < 4.78 is 4.97. The van der Waals surface area contributed by atoms with E-state index >= 15 is 0 Å². The van der Waals surface area contributed by atoms with E-state index in [4.69, 9.17) is 16.3 Å². The molecule has 1 rings (SSSR count). The van der Waals surface area contributed by atoms with E-state index in [1.807, 2.05) is 0 Å². The second-order valence-corrected chi connectivity index (χ2v) is 2.71. The molecule has 0 saturated carbocycles. The van der Waals surface area contributed by atoms with Crippen LogP contribution >= 0.6 is 0 Å². The molecular formula is C11H10O3.